The monoisotopic (exact) mass is 1040 g/mol. The second-order valence-corrected chi connectivity index (χ2v) is 20.4. The van der Waals surface area contributed by atoms with E-state index in [0.717, 1.165) is 36.0 Å². The molecule has 0 spiro atoms. The summed E-state index contributed by atoms with van der Waals surface area (Å²) in [5.41, 5.74) is 0.320. The van der Waals surface area contributed by atoms with Crippen LogP contribution in [-0.2, 0) is 40.5 Å². The van der Waals surface area contributed by atoms with Crippen molar-refractivity contribution in [2.75, 3.05) is 31.9 Å². The molecule has 6 N–H and O–H groups in total. The first-order chi connectivity index (χ1) is 33.0. The van der Waals surface area contributed by atoms with E-state index in [1.165, 1.54) is 56.7 Å². The number of phenolic OH excluding ortho intramolecular Hbond substituents is 1. The third-order valence-corrected chi connectivity index (χ3v) is 13.3. The first-order valence-corrected chi connectivity index (χ1v) is 25.8. The van der Waals surface area contributed by atoms with Gasteiger partial charge in [0.25, 0.3) is 40.5 Å². The van der Waals surface area contributed by atoms with E-state index in [1.807, 2.05) is 18.2 Å². The molecular formula is C43H37N7O16S4. The molecule has 0 aliphatic carbocycles. The van der Waals surface area contributed by atoms with E-state index >= 15 is 0 Å². The van der Waals surface area contributed by atoms with Crippen molar-refractivity contribution in [2.45, 2.75) is 21.1 Å². The Labute approximate surface area is 398 Å². The van der Waals surface area contributed by atoms with Crippen LogP contribution >= 0.6 is 0 Å². The van der Waals surface area contributed by atoms with Gasteiger partial charge in [-0.2, -0.15) is 33.7 Å². The van der Waals surface area contributed by atoms with Crippen molar-refractivity contribution in [1.82, 2.24) is 0 Å². The number of para-hydroxylation sites is 1. The molecule has 7 aromatic rings. The van der Waals surface area contributed by atoms with Crippen LogP contribution in [0.2, 0.25) is 0 Å². The summed E-state index contributed by atoms with van der Waals surface area (Å²) in [5, 5.41) is 39.9. The molecule has 0 aliphatic heterocycles. The van der Waals surface area contributed by atoms with Crippen molar-refractivity contribution in [1.29, 1.82) is 0 Å². The maximum Gasteiger partial charge on any atom is 0.296 e. The van der Waals surface area contributed by atoms with Crippen LogP contribution in [0.5, 0.6) is 23.0 Å². The Morgan fingerprint density at radius 1 is 0.514 bits per heavy atom. The van der Waals surface area contributed by atoms with Crippen LogP contribution < -0.4 is 19.5 Å². The Morgan fingerprint density at radius 2 is 1.09 bits per heavy atom. The minimum absolute atomic E-state index is 0.00181. The molecule has 27 heteroatoms. The zero-order chi connectivity index (χ0) is 50.6. The molecule has 0 saturated heterocycles. The Kier molecular flexibility index (Phi) is 14.6. The number of nitrogens with one attached hydrogen (secondary N) is 1. The molecule has 7 rings (SSSR count). The minimum Gasteiger partial charge on any atom is -0.505 e. The molecule has 0 amide bonds. The van der Waals surface area contributed by atoms with Crippen LogP contribution in [0.15, 0.2) is 161 Å². The lowest BCUT2D eigenvalue weighted by molar-refractivity contribution is 0.315. The SMILES string of the molecule is COc1cc(N=Nc2ccc(N=Nc3c(S(=O)(=O)O)cc4cc(Nc5ccccc5)ccc4c3O)c3cc(S(=O)(=O)O)ccc23)c(OC)cc1N=Nc1ccc(OCCCS(=O)(=O)O)cc1S(=O)(=O)O. The number of nitrogens with zero attached hydrogens (tertiary/aromatic N) is 6. The van der Waals surface area contributed by atoms with Gasteiger partial charge in [0.2, 0.25) is 0 Å². The molecule has 7 aromatic carbocycles. The van der Waals surface area contributed by atoms with Crippen LogP contribution in [0.1, 0.15) is 6.42 Å². The van der Waals surface area contributed by atoms with Crippen molar-refractivity contribution in [3.8, 4) is 23.0 Å². The Balaban J connectivity index is 1.22. The second kappa shape index (κ2) is 20.2. The first kappa shape index (κ1) is 50.4. The van der Waals surface area contributed by atoms with Crippen LogP contribution in [0, 0.1) is 0 Å². The van der Waals surface area contributed by atoms with Gasteiger partial charge in [-0.25, -0.2) is 0 Å². The Hall–Kier alpha value is -7.50. The summed E-state index contributed by atoms with van der Waals surface area (Å²) in [6, 6.07) is 27.0. The van der Waals surface area contributed by atoms with Crippen molar-refractivity contribution in [2.24, 2.45) is 30.7 Å². The molecule has 0 fully saturated rings. The van der Waals surface area contributed by atoms with Gasteiger partial charge in [0.15, 0.2) is 5.75 Å². The van der Waals surface area contributed by atoms with Gasteiger partial charge >= 0.3 is 0 Å². The predicted molar refractivity (Wildman–Crippen MR) is 254 cm³/mol. The largest absolute Gasteiger partial charge is 0.505 e. The molecular weight excluding hydrogens is 999 g/mol. The van der Waals surface area contributed by atoms with Gasteiger partial charge in [0, 0.05) is 45.7 Å². The van der Waals surface area contributed by atoms with Crippen LogP contribution in [0.25, 0.3) is 21.5 Å². The van der Waals surface area contributed by atoms with Crippen molar-refractivity contribution in [3.63, 3.8) is 0 Å². The zero-order valence-electron chi connectivity index (χ0n) is 36.1. The van der Waals surface area contributed by atoms with Crippen LogP contribution in [-0.4, -0.2) is 83.6 Å². The predicted octanol–water partition coefficient (Wildman–Crippen LogP) is 10.1. The van der Waals surface area contributed by atoms with E-state index in [-0.39, 0.29) is 80.3 Å². The third kappa shape index (κ3) is 12.0. The fourth-order valence-corrected chi connectivity index (χ4v) is 8.97. The molecule has 70 heavy (non-hydrogen) atoms. The van der Waals surface area contributed by atoms with Crippen LogP contribution in [0.3, 0.4) is 0 Å². The Morgan fingerprint density at radius 3 is 1.69 bits per heavy atom. The highest BCUT2D eigenvalue weighted by atomic mass is 32.2. The number of phenols is 1. The molecule has 23 nitrogen and oxygen atoms in total. The van der Waals surface area contributed by atoms with Crippen molar-refractivity contribution >= 4 is 108 Å². The highest BCUT2D eigenvalue weighted by Gasteiger charge is 2.24. The lowest BCUT2D eigenvalue weighted by Gasteiger charge is -2.12. The number of hydrogen-bond acceptors (Lipinski definition) is 19. The summed E-state index contributed by atoms with van der Waals surface area (Å²) in [6.07, 6.45) is -0.118. The molecule has 0 heterocycles. The number of anilines is 2. The van der Waals surface area contributed by atoms with E-state index in [4.69, 9.17) is 18.8 Å². The number of benzene rings is 7. The number of azo groups is 3. The average molecular weight is 1040 g/mol. The average Bonchev–Trinajstić information content (AvgIpc) is 3.30. The van der Waals surface area contributed by atoms with Gasteiger partial charge < -0.3 is 24.6 Å². The summed E-state index contributed by atoms with van der Waals surface area (Å²) in [6.45, 7) is -0.216. The lowest BCUT2D eigenvalue weighted by atomic mass is 10.1. The van der Waals surface area contributed by atoms with Gasteiger partial charge in [-0.15, -0.1) is 30.7 Å². The number of fused-ring (bicyclic) bond motifs is 2. The highest BCUT2D eigenvalue weighted by molar-refractivity contribution is 7.86. The minimum atomic E-state index is -5.04. The molecule has 0 radical (unpaired) electrons. The fraction of sp³-hybridized carbons (Fsp3) is 0.116. The molecule has 0 bridgehead atoms. The molecule has 0 aromatic heterocycles. The van der Waals surface area contributed by atoms with E-state index < -0.39 is 72.3 Å². The summed E-state index contributed by atoms with van der Waals surface area (Å²) < 4.78 is 152. The number of aromatic hydroxyl groups is 1. The second-order valence-electron chi connectivity index (χ2n) is 14.6. The quantitative estimate of drug-likeness (QED) is 0.0264. The van der Waals surface area contributed by atoms with E-state index in [1.54, 1.807) is 24.3 Å². The number of hydrogen-bond donors (Lipinski definition) is 6. The number of methoxy groups -OCH3 is 2. The standard InChI is InChI=1S/C43H37N7O16S4/c1-64-38-24-37(49-47-35-14-10-28(21-40(35)69(58,59)60)66-17-6-18-67(52,53)54)39(65-2)23-36(38)48-45-33-15-16-34(32-22-29(68(55,56)57)11-13-31(32)33)46-50-42-41(70(61,62)63)20-25-19-27(9-12-30(25)43(42)51)44-26-7-4-3-5-8-26/h3-5,7-16,19-24,44,51H,6,17-18H2,1-2H3,(H,52,53,54)(H,55,56,57)(H,58,59,60)(H,61,62,63). The van der Waals surface area contributed by atoms with Gasteiger partial charge in [0.05, 0.1) is 42.8 Å². The molecule has 0 aliphatic rings. The smallest absolute Gasteiger partial charge is 0.296 e. The third-order valence-electron chi connectivity index (χ3n) is 9.92. The van der Waals surface area contributed by atoms with E-state index in [2.05, 4.69) is 36.0 Å². The maximum atomic E-state index is 12.7. The fourth-order valence-electron chi connectivity index (χ4n) is 6.69. The zero-order valence-corrected chi connectivity index (χ0v) is 39.4. The Bertz CT molecular complexity index is 3750. The van der Waals surface area contributed by atoms with Crippen molar-refractivity contribution in [3.05, 3.63) is 115 Å². The summed E-state index contributed by atoms with van der Waals surface area (Å²) in [7, 11) is -16.4. The van der Waals surface area contributed by atoms with E-state index in [0.29, 0.717) is 5.69 Å². The summed E-state index contributed by atoms with van der Waals surface area (Å²) >= 11 is 0. The molecule has 0 unspecified atom stereocenters. The maximum absolute atomic E-state index is 12.7. The first-order valence-electron chi connectivity index (χ1n) is 19.9. The van der Waals surface area contributed by atoms with Crippen LogP contribution in [0.4, 0.5) is 45.5 Å². The molecule has 364 valence electrons. The summed E-state index contributed by atoms with van der Waals surface area (Å²) in [5.74, 6) is -1.25. The topological polar surface area (TPSA) is 352 Å². The van der Waals surface area contributed by atoms with Gasteiger partial charge in [-0.05, 0) is 84.6 Å². The molecule has 0 atom stereocenters. The highest BCUT2D eigenvalue weighted by Crippen LogP contribution is 2.45. The van der Waals surface area contributed by atoms with Crippen molar-refractivity contribution < 1.29 is 71.2 Å². The molecule has 0 saturated carbocycles. The lowest BCUT2D eigenvalue weighted by Crippen LogP contribution is -2.08. The number of rotatable bonds is 18. The van der Waals surface area contributed by atoms with E-state index in [9.17, 15) is 52.4 Å². The summed E-state index contributed by atoms with van der Waals surface area (Å²) in [4.78, 5) is -2.05. The number of ether oxygens (including phenoxy) is 3. The van der Waals surface area contributed by atoms with Gasteiger partial charge in [-0.1, -0.05) is 24.3 Å². The van der Waals surface area contributed by atoms with Gasteiger partial charge in [-0.3, -0.25) is 18.2 Å². The normalized spacial score (nSPS) is 12.7. The van der Waals surface area contributed by atoms with Gasteiger partial charge in [0.1, 0.15) is 49.8 Å².